The van der Waals surface area contributed by atoms with Crippen LogP contribution in [0.2, 0.25) is 0 Å². The number of ether oxygens (including phenoxy) is 1. The minimum atomic E-state index is 0. The number of hydrogen-bond donors (Lipinski definition) is 2. The summed E-state index contributed by atoms with van der Waals surface area (Å²) in [5.74, 6) is 1.35. The number of anilines is 1. The van der Waals surface area contributed by atoms with Crippen LogP contribution in [-0.4, -0.2) is 37.6 Å². The van der Waals surface area contributed by atoms with E-state index >= 15 is 0 Å². The number of halogens is 1. The van der Waals surface area contributed by atoms with Gasteiger partial charge in [0, 0.05) is 11.3 Å². The van der Waals surface area contributed by atoms with Crippen LogP contribution in [0.25, 0.3) is 0 Å². The molecule has 1 unspecified atom stereocenters. The van der Waals surface area contributed by atoms with Crippen LogP contribution < -0.4 is 15.8 Å². The van der Waals surface area contributed by atoms with Crippen molar-refractivity contribution in [3.05, 3.63) is 59.7 Å². The van der Waals surface area contributed by atoms with E-state index in [2.05, 4.69) is 46.4 Å². The van der Waals surface area contributed by atoms with Crippen LogP contribution in [0.4, 0.5) is 5.69 Å². The van der Waals surface area contributed by atoms with Crippen LogP contribution >= 0.6 is 24.0 Å². The highest BCUT2D eigenvalue weighted by atomic mass is 127. The van der Waals surface area contributed by atoms with Crippen LogP contribution in [0, 0.1) is 0 Å². The molecule has 1 fully saturated rings. The van der Waals surface area contributed by atoms with Gasteiger partial charge in [0.2, 0.25) is 0 Å². The number of likely N-dealkylation sites (tertiary alicyclic amines) is 1. The second-order valence-electron chi connectivity index (χ2n) is 6.90. The lowest BCUT2D eigenvalue weighted by atomic mass is 10.0. The predicted octanol–water partition coefficient (Wildman–Crippen LogP) is 4.44. The highest BCUT2D eigenvalue weighted by molar-refractivity contribution is 14.0. The molecule has 1 aliphatic heterocycles. The van der Waals surface area contributed by atoms with Crippen LogP contribution in [0.3, 0.4) is 0 Å². The number of para-hydroxylation sites is 1. The summed E-state index contributed by atoms with van der Waals surface area (Å²) in [6, 6.07) is 16.7. The van der Waals surface area contributed by atoms with Crippen LogP contribution in [0.15, 0.2) is 53.5 Å². The van der Waals surface area contributed by atoms with Gasteiger partial charge in [-0.2, -0.15) is 0 Å². The average Bonchev–Trinajstić information content (AvgIpc) is 3.23. The molecule has 1 aliphatic rings. The van der Waals surface area contributed by atoms with E-state index in [1.807, 2.05) is 24.3 Å². The molecule has 0 saturated carbocycles. The Kier molecular flexibility index (Phi) is 9.05. The molecule has 152 valence electrons. The molecular weight excluding hydrogens is 463 g/mol. The summed E-state index contributed by atoms with van der Waals surface area (Å²) in [6.45, 7) is 4.93. The lowest BCUT2D eigenvalue weighted by Crippen LogP contribution is -2.30. The molecule has 1 heterocycles. The highest BCUT2D eigenvalue weighted by Gasteiger charge is 2.25. The Morgan fingerprint density at radius 3 is 2.46 bits per heavy atom. The molecule has 3 N–H and O–H groups in total. The first-order chi connectivity index (χ1) is 13.2. The Bertz CT molecular complexity index is 757. The second kappa shape index (κ2) is 11.3. The van der Waals surface area contributed by atoms with Gasteiger partial charge in [-0.1, -0.05) is 37.3 Å². The van der Waals surface area contributed by atoms with Crippen LogP contribution in [0.1, 0.15) is 36.9 Å². The van der Waals surface area contributed by atoms with Gasteiger partial charge in [-0.3, -0.25) is 9.89 Å². The number of nitrogens with zero attached hydrogens (tertiary/aromatic N) is 2. The number of benzene rings is 2. The van der Waals surface area contributed by atoms with Crippen molar-refractivity contribution in [3.8, 4) is 5.75 Å². The summed E-state index contributed by atoms with van der Waals surface area (Å²) in [5.41, 5.74) is 9.60. The van der Waals surface area contributed by atoms with Gasteiger partial charge in [-0.15, -0.1) is 24.0 Å². The first-order valence-corrected chi connectivity index (χ1v) is 9.74. The normalized spacial score (nSPS) is 15.7. The summed E-state index contributed by atoms with van der Waals surface area (Å²) in [7, 11) is 1.72. The highest BCUT2D eigenvalue weighted by Crippen LogP contribution is 2.31. The molecule has 0 spiro atoms. The molecule has 2 aromatic carbocycles. The van der Waals surface area contributed by atoms with Crippen molar-refractivity contribution < 1.29 is 4.74 Å². The Labute approximate surface area is 185 Å². The fourth-order valence-corrected chi connectivity index (χ4v) is 3.60. The summed E-state index contributed by atoms with van der Waals surface area (Å²) < 4.78 is 5.59. The monoisotopic (exact) mass is 494 g/mol. The molecule has 2 aromatic rings. The predicted molar refractivity (Wildman–Crippen MR) is 128 cm³/mol. The number of methoxy groups -OCH3 is 1. The third-order valence-electron chi connectivity index (χ3n) is 5.15. The lowest BCUT2D eigenvalue weighted by Gasteiger charge is -2.28. The largest absolute Gasteiger partial charge is 0.496 e. The first-order valence-electron chi connectivity index (χ1n) is 9.74. The molecule has 0 aliphatic carbocycles. The summed E-state index contributed by atoms with van der Waals surface area (Å²) in [6.07, 6.45) is 3.49. The van der Waals surface area contributed by atoms with Crippen molar-refractivity contribution in [2.24, 2.45) is 10.7 Å². The fraction of sp³-hybridized carbons (Fsp3) is 0.409. The minimum absolute atomic E-state index is 0. The molecule has 28 heavy (non-hydrogen) atoms. The van der Waals surface area contributed by atoms with Gasteiger partial charge in [0.1, 0.15) is 5.75 Å². The van der Waals surface area contributed by atoms with Crippen molar-refractivity contribution in [1.29, 1.82) is 0 Å². The summed E-state index contributed by atoms with van der Waals surface area (Å²) in [5, 5.41) is 3.20. The topological polar surface area (TPSA) is 62.9 Å². The lowest BCUT2D eigenvalue weighted by molar-refractivity contribution is 0.245. The van der Waals surface area contributed by atoms with Gasteiger partial charge in [0.15, 0.2) is 5.96 Å². The van der Waals surface area contributed by atoms with Gasteiger partial charge < -0.3 is 15.8 Å². The number of aryl methyl sites for hydroxylation is 1. The van der Waals surface area contributed by atoms with Crippen molar-refractivity contribution >= 4 is 35.6 Å². The minimum Gasteiger partial charge on any atom is -0.496 e. The molecule has 3 rings (SSSR count). The Morgan fingerprint density at radius 1 is 1.14 bits per heavy atom. The molecule has 5 nitrogen and oxygen atoms in total. The van der Waals surface area contributed by atoms with Crippen LogP contribution in [-0.2, 0) is 6.42 Å². The zero-order valence-electron chi connectivity index (χ0n) is 16.7. The number of aliphatic imine (C=N–C) groups is 1. The number of nitrogens with one attached hydrogen (secondary N) is 1. The second-order valence-corrected chi connectivity index (χ2v) is 6.90. The van der Waals surface area contributed by atoms with Gasteiger partial charge in [-0.05, 0) is 56.1 Å². The van der Waals surface area contributed by atoms with Gasteiger partial charge in [0.25, 0.3) is 0 Å². The maximum Gasteiger partial charge on any atom is 0.193 e. The number of hydrogen-bond acceptors (Lipinski definition) is 3. The smallest absolute Gasteiger partial charge is 0.193 e. The van der Waals surface area contributed by atoms with Crippen molar-refractivity contribution in [2.45, 2.75) is 32.2 Å². The van der Waals surface area contributed by atoms with Gasteiger partial charge in [-0.25, -0.2) is 0 Å². The van der Waals surface area contributed by atoms with E-state index in [9.17, 15) is 0 Å². The zero-order chi connectivity index (χ0) is 19.1. The third kappa shape index (κ3) is 5.85. The number of guanidine groups is 1. The van der Waals surface area contributed by atoms with Crippen molar-refractivity contribution in [1.82, 2.24) is 4.90 Å². The first kappa shape index (κ1) is 22.5. The van der Waals surface area contributed by atoms with E-state index < -0.39 is 0 Å². The number of rotatable bonds is 7. The average molecular weight is 494 g/mol. The van der Waals surface area contributed by atoms with E-state index in [1.165, 1.54) is 24.0 Å². The van der Waals surface area contributed by atoms with Crippen LogP contribution in [0.5, 0.6) is 5.75 Å². The summed E-state index contributed by atoms with van der Waals surface area (Å²) in [4.78, 5) is 7.12. The van der Waals surface area contributed by atoms with Gasteiger partial charge in [0.05, 0.1) is 19.7 Å². The van der Waals surface area contributed by atoms with E-state index in [1.54, 1.807) is 7.11 Å². The maximum absolute atomic E-state index is 6.16. The Balaban J connectivity index is 0.00000280. The fourth-order valence-electron chi connectivity index (χ4n) is 3.60. The SMILES string of the molecule is CCc1ccc(NC(N)=NCC(c2ccccc2OC)N2CCCC2)cc1.I. The summed E-state index contributed by atoms with van der Waals surface area (Å²) >= 11 is 0. The molecule has 1 atom stereocenters. The standard InChI is InChI=1S/C22H30N4O.HI/c1-3-17-10-12-18(13-11-17)25-22(23)24-16-20(26-14-6-7-15-26)19-8-4-5-9-21(19)27-2;/h4-5,8-13,20H,3,6-7,14-16H2,1-2H3,(H3,23,24,25);1H. The molecule has 0 amide bonds. The molecule has 1 saturated heterocycles. The van der Waals surface area contributed by atoms with E-state index in [-0.39, 0.29) is 30.0 Å². The molecule has 0 aromatic heterocycles. The Morgan fingerprint density at radius 2 is 1.82 bits per heavy atom. The molecule has 0 bridgehead atoms. The molecule has 6 heteroatoms. The third-order valence-corrected chi connectivity index (χ3v) is 5.15. The Hall–Kier alpha value is -1.80. The molecular formula is C22H31IN4O. The zero-order valence-corrected chi connectivity index (χ0v) is 19.1. The maximum atomic E-state index is 6.16. The van der Waals surface area contributed by atoms with Crippen molar-refractivity contribution in [2.75, 3.05) is 32.1 Å². The van der Waals surface area contributed by atoms with E-state index in [0.29, 0.717) is 12.5 Å². The van der Waals surface area contributed by atoms with Gasteiger partial charge >= 0.3 is 0 Å². The number of nitrogens with two attached hydrogens (primary N) is 1. The molecule has 0 radical (unpaired) electrons. The quantitative estimate of drug-likeness (QED) is 0.340. The van der Waals surface area contributed by atoms with Crippen molar-refractivity contribution in [3.63, 3.8) is 0 Å². The van der Waals surface area contributed by atoms with E-state index in [4.69, 9.17) is 10.5 Å². The van der Waals surface area contributed by atoms with E-state index in [0.717, 1.165) is 30.9 Å².